The highest BCUT2D eigenvalue weighted by Crippen LogP contribution is 2.41. The number of hydrogen-bond donors (Lipinski definition) is 0. The van der Waals surface area contributed by atoms with Crippen LogP contribution in [0.2, 0.25) is 0 Å². The third-order valence-electron chi connectivity index (χ3n) is 4.26. The highest BCUT2D eigenvalue weighted by Gasteiger charge is 2.24. The van der Waals surface area contributed by atoms with Gasteiger partial charge in [-0.2, -0.15) is 0 Å². The molecule has 4 nitrogen and oxygen atoms in total. The van der Waals surface area contributed by atoms with Crippen LogP contribution in [0, 0.1) is 0 Å². The first-order valence-electron chi connectivity index (χ1n) is 8.00. The van der Waals surface area contributed by atoms with Gasteiger partial charge in [-0.05, 0) is 42.5 Å². The van der Waals surface area contributed by atoms with Crippen LogP contribution in [0.1, 0.15) is 34.7 Å². The van der Waals surface area contributed by atoms with Crippen molar-refractivity contribution in [3.05, 3.63) is 65.9 Å². The standard InChI is InChI=1S/C20H17NO3/c1-23-20(22)19-16-7-2-3-8-17(16)21-12-18(19)24-15-6-4-5-14(11-15)13-9-10-13/h2-8,11-13H,9-10H2,1H3. The maximum atomic E-state index is 12.3. The van der Waals surface area contributed by atoms with E-state index in [1.54, 1.807) is 6.20 Å². The number of para-hydroxylation sites is 1. The van der Waals surface area contributed by atoms with Crippen molar-refractivity contribution in [1.29, 1.82) is 0 Å². The summed E-state index contributed by atoms with van der Waals surface area (Å²) in [5.74, 6) is 1.33. The number of carbonyl (C=O) groups is 1. The Kier molecular flexibility index (Phi) is 3.65. The van der Waals surface area contributed by atoms with Crippen molar-refractivity contribution in [1.82, 2.24) is 4.98 Å². The highest BCUT2D eigenvalue weighted by molar-refractivity contribution is 6.05. The predicted octanol–water partition coefficient (Wildman–Crippen LogP) is 4.69. The Morgan fingerprint density at radius 1 is 1.12 bits per heavy atom. The second-order valence-corrected chi connectivity index (χ2v) is 5.96. The van der Waals surface area contributed by atoms with E-state index in [9.17, 15) is 4.79 Å². The number of hydrogen-bond acceptors (Lipinski definition) is 4. The van der Waals surface area contributed by atoms with Crippen LogP contribution >= 0.6 is 0 Å². The fourth-order valence-corrected chi connectivity index (χ4v) is 2.89. The summed E-state index contributed by atoms with van der Waals surface area (Å²) in [6.07, 6.45) is 4.04. The molecule has 1 aliphatic carbocycles. The highest BCUT2D eigenvalue weighted by atomic mass is 16.5. The fraction of sp³-hybridized carbons (Fsp3) is 0.200. The van der Waals surface area contributed by atoms with Crippen LogP contribution in [0.3, 0.4) is 0 Å². The van der Waals surface area contributed by atoms with Crippen molar-refractivity contribution in [2.45, 2.75) is 18.8 Å². The molecule has 0 saturated heterocycles. The Morgan fingerprint density at radius 2 is 1.96 bits per heavy atom. The summed E-state index contributed by atoms with van der Waals surface area (Å²) in [6.45, 7) is 0. The molecule has 0 radical (unpaired) electrons. The molecule has 0 spiro atoms. The van der Waals surface area contributed by atoms with Crippen LogP contribution in [0.15, 0.2) is 54.7 Å². The van der Waals surface area contributed by atoms with Crippen LogP contribution in [0.4, 0.5) is 0 Å². The summed E-state index contributed by atoms with van der Waals surface area (Å²) in [6, 6.07) is 15.5. The summed E-state index contributed by atoms with van der Waals surface area (Å²) in [4.78, 5) is 16.7. The molecule has 24 heavy (non-hydrogen) atoms. The summed E-state index contributed by atoms with van der Waals surface area (Å²) >= 11 is 0. The second kappa shape index (κ2) is 5.96. The maximum absolute atomic E-state index is 12.3. The lowest BCUT2D eigenvalue weighted by molar-refractivity contribution is 0.0600. The monoisotopic (exact) mass is 319 g/mol. The van der Waals surface area contributed by atoms with Crippen molar-refractivity contribution in [3.63, 3.8) is 0 Å². The molecule has 0 atom stereocenters. The molecule has 1 heterocycles. The van der Waals surface area contributed by atoms with Gasteiger partial charge in [-0.3, -0.25) is 4.98 Å². The van der Waals surface area contributed by atoms with Crippen LogP contribution in [0.25, 0.3) is 10.9 Å². The number of rotatable bonds is 4. The molecular formula is C20H17NO3. The Labute approximate surface area is 140 Å². The van der Waals surface area contributed by atoms with E-state index < -0.39 is 5.97 Å². The molecule has 0 amide bonds. The molecule has 120 valence electrons. The molecule has 1 aromatic heterocycles. The van der Waals surface area contributed by atoms with Gasteiger partial charge in [0.05, 0.1) is 18.8 Å². The number of pyridine rings is 1. The van der Waals surface area contributed by atoms with E-state index >= 15 is 0 Å². The van der Waals surface area contributed by atoms with E-state index in [1.807, 2.05) is 42.5 Å². The Bertz CT molecular complexity index is 916. The topological polar surface area (TPSA) is 48.4 Å². The molecule has 2 aromatic carbocycles. The van der Waals surface area contributed by atoms with E-state index in [1.165, 1.54) is 25.5 Å². The van der Waals surface area contributed by atoms with Crippen molar-refractivity contribution in [2.24, 2.45) is 0 Å². The molecule has 1 fully saturated rings. The van der Waals surface area contributed by atoms with Crippen LogP contribution in [-0.2, 0) is 4.74 Å². The van der Waals surface area contributed by atoms with E-state index in [0.717, 1.165) is 10.9 Å². The lowest BCUT2D eigenvalue weighted by atomic mass is 10.1. The zero-order chi connectivity index (χ0) is 16.5. The largest absolute Gasteiger partial charge is 0.465 e. The third kappa shape index (κ3) is 2.71. The summed E-state index contributed by atoms with van der Waals surface area (Å²) < 4.78 is 10.9. The van der Waals surface area contributed by atoms with E-state index in [-0.39, 0.29) is 0 Å². The van der Waals surface area contributed by atoms with Gasteiger partial charge in [0.25, 0.3) is 0 Å². The number of carbonyl (C=O) groups excluding carboxylic acids is 1. The van der Waals surface area contributed by atoms with Crippen molar-refractivity contribution < 1.29 is 14.3 Å². The normalized spacial score (nSPS) is 13.7. The van der Waals surface area contributed by atoms with Gasteiger partial charge in [0.15, 0.2) is 5.75 Å². The fourth-order valence-electron chi connectivity index (χ4n) is 2.89. The second-order valence-electron chi connectivity index (χ2n) is 5.96. The van der Waals surface area contributed by atoms with E-state index in [0.29, 0.717) is 23.0 Å². The molecule has 4 heteroatoms. The summed E-state index contributed by atoms with van der Waals surface area (Å²) in [5.41, 5.74) is 2.41. The number of methoxy groups -OCH3 is 1. The zero-order valence-electron chi connectivity index (χ0n) is 13.4. The number of ether oxygens (including phenoxy) is 2. The average molecular weight is 319 g/mol. The Balaban J connectivity index is 1.78. The van der Waals surface area contributed by atoms with Gasteiger partial charge in [0, 0.05) is 5.39 Å². The SMILES string of the molecule is COC(=O)c1c(Oc2cccc(C3CC3)c2)cnc2ccccc12. The van der Waals surface area contributed by atoms with Crippen LogP contribution in [-0.4, -0.2) is 18.1 Å². The first-order valence-corrected chi connectivity index (χ1v) is 8.00. The molecule has 1 aliphatic rings. The minimum absolute atomic E-state index is 0.403. The number of esters is 1. The minimum atomic E-state index is -0.429. The summed E-state index contributed by atoms with van der Waals surface area (Å²) in [7, 11) is 1.37. The van der Waals surface area contributed by atoms with Gasteiger partial charge in [-0.1, -0.05) is 30.3 Å². The number of aromatic nitrogens is 1. The number of fused-ring (bicyclic) bond motifs is 1. The van der Waals surface area contributed by atoms with Gasteiger partial charge >= 0.3 is 5.97 Å². The van der Waals surface area contributed by atoms with E-state index in [4.69, 9.17) is 9.47 Å². The zero-order valence-corrected chi connectivity index (χ0v) is 13.4. The van der Waals surface area contributed by atoms with Gasteiger partial charge < -0.3 is 9.47 Å². The molecular weight excluding hydrogens is 302 g/mol. The van der Waals surface area contributed by atoms with Gasteiger partial charge in [0.2, 0.25) is 0 Å². The number of nitrogens with zero attached hydrogens (tertiary/aromatic N) is 1. The molecule has 0 unspecified atom stereocenters. The lowest BCUT2D eigenvalue weighted by Gasteiger charge is -2.12. The van der Waals surface area contributed by atoms with Crippen molar-refractivity contribution in [3.8, 4) is 11.5 Å². The smallest absolute Gasteiger partial charge is 0.342 e. The predicted molar refractivity (Wildman–Crippen MR) is 91.6 cm³/mol. The summed E-state index contributed by atoms with van der Waals surface area (Å²) in [5, 5.41) is 0.722. The Hall–Kier alpha value is -2.88. The van der Waals surface area contributed by atoms with Crippen molar-refractivity contribution >= 4 is 16.9 Å². The quantitative estimate of drug-likeness (QED) is 0.655. The minimum Gasteiger partial charge on any atom is -0.465 e. The number of benzene rings is 2. The van der Waals surface area contributed by atoms with E-state index in [2.05, 4.69) is 11.1 Å². The van der Waals surface area contributed by atoms with Crippen molar-refractivity contribution in [2.75, 3.05) is 7.11 Å². The average Bonchev–Trinajstić information content (AvgIpc) is 3.46. The Morgan fingerprint density at radius 3 is 2.75 bits per heavy atom. The third-order valence-corrected chi connectivity index (χ3v) is 4.26. The molecule has 0 aliphatic heterocycles. The maximum Gasteiger partial charge on any atom is 0.342 e. The van der Waals surface area contributed by atoms with Gasteiger partial charge in [-0.25, -0.2) is 4.79 Å². The molecule has 0 N–H and O–H groups in total. The first-order chi connectivity index (χ1) is 11.8. The molecule has 3 aromatic rings. The molecule has 0 bridgehead atoms. The van der Waals surface area contributed by atoms with Crippen LogP contribution < -0.4 is 4.74 Å². The lowest BCUT2D eigenvalue weighted by Crippen LogP contribution is -2.05. The molecule has 4 rings (SSSR count). The molecule has 1 saturated carbocycles. The van der Waals surface area contributed by atoms with Gasteiger partial charge in [0.1, 0.15) is 11.3 Å². The van der Waals surface area contributed by atoms with Crippen LogP contribution in [0.5, 0.6) is 11.5 Å². The van der Waals surface area contributed by atoms with Gasteiger partial charge in [-0.15, -0.1) is 0 Å². The first kappa shape index (κ1) is 14.7.